The molecule has 8 heteroatoms. The van der Waals surface area contributed by atoms with Crippen molar-refractivity contribution < 1.29 is 22.7 Å². The lowest BCUT2D eigenvalue weighted by molar-refractivity contribution is -0.0328. The highest BCUT2D eigenvalue weighted by atomic mass is 32.2. The molecule has 1 N–H and O–H groups in total. The van der Waals surface area contributed by atoms with Gasteiger partial charge in [0.25, 0.3) is 5.91 Å². The van der Waals surface area contributed by atoms with Gasteiger partial charge in [0.2, 0.25) is 5.88 Å². The molecule has 0 saturated carbocycles. The summed E-state index contributed by atoms with van der Waals surface area (Å²) >= 11 is -0.226. The molecule has 0 aliphatic rings. The van der Waals surface area contributed by atoms with E-state index in [1.165, 1.54) is 37.6 Å². The molecule has 1 aromatic heterocycles. The molecule has 0 bridgehead atoms. The molecule has 4 nitrogen and oxygen atoms in total. The highest BCUT2D eigenvalue weighted by molar-refractivity contribution is 8.00. The number of carbonyl (C=O) groups excluding carboxylic acids is 1. The second kappa shape index (κ2) is 6.69. The Morgan fingerprint density at radius 2 is 1.86 bits per heavy atom. The summed E-state index contributed by atoms with van der Waals surface area (Å²) in [6, 6.07) is 8.36. The van der Waals surface area contributed by atoms with E-state index in [1.807, 2.05) is 0 Å². The maximum atomic E-state index is 12.2. The largest absolute Gasteiger partial charge is 0.481 e. The zero-order valence-electron chi connectivity index (χ0n) is 11.3. The minimum atomic E-state index is -4.35. The van der Waals surface area contributed by atoms with Gasteiger partial charge in [-0.1, -0.05) is 0 Å². The van der Waals surface area contributed by atoms with E-state index in [4.69, 9.17) is 4.74 Å². The lowest BCUT2D eigenvalue weighted by Crippen LogP contribution is -2.12. The predicted molar refractivity (Wildman–Crippen MR) is 77.1 cm³/mol. The van der Waals surface area contributed by atoms with Crippen molar-refractivity contribution in [3.8, 4) is 5.88 Å². The number of nitrogens with zero attached hydrogens (tertiary/aromatic N) is 1. The van der Waals surface area contributed by atoms with Crippen molar-refractivity contribution in [2.45, 2.75) is 10.4 Å². The number of amides is 1. The van der Waals surface area contributed by atoms with Gasteiger partial charge in [0.15, 0.2) is 0 Å². The van der Waals surface area contributed by atoms with Gasteiger partial charge in [-0.25, -0.2) is 4.98 Å². The number of anilines is 1. The highest BCUT2D eigenvalue weighted by Gasteiger charge is 2.29. The van der Waals surface area contributed by atoms with Gasteiger partial charge in [-0.15, -0.1) is 0 Å². The molecule has 0 atom stereocenters. The third-order valence-electron chi connectivity index (χ3n) is 2.55. The molecule has 1 heterocycles. The van der Waals surface area contributed by atoms with Gasteiger partial charge in [0.05, 0.1) is 19.0 Å². The van der Waals surface area contributed by atoms with Crippen LogP contribution in [0.4, 0.5) is 18.9 Å². The van der Waals surface area contributed by atoms with Crippen LogP contribution in [0, 0.1) is 0 Å². The fourth-order valence-corrected chi connectivity index (χ4v) is 2.13. The average Bonchev–Trinajstić information content (AvgIpc) is 2.47. The molecule has 2 aromatic rings. The maximum absolute atomic E-state index is 12.2. The Bertz CT molecular complexity index is 643. The first kappa shape index (κ1) is 16.2. The van der Waals surface area contributed by atoms with Crippen molar-refractivity contribution in [3.05, 3.63) is 48.2 Å². The summed E-state index contributed by atoms with van der Waals surface area (Å²) in [5.74, 6) is -0.0259. The van der Waals surface area contributed by atoms with Crippen molar-refractivity contribution in [1.82, 2.24) is 4.98 Å². The summed E-state index contributed by atoms with van der Waals surface area (Å²) in [4.78, 5) is 15.9. The molecule has 2 rings (SSSR count). The zero-order valence-corrected chi connectivity index (χ0v) is 12.2. The number of methoxy groups -OCH3 is 1. The van der Waals surface area contributed by atoms with E-state index < -0.39 is 11.4 Å². The van der Waals surface area contributed by atoms with E-state index in [9.17, 15) is 18.0 Å². The number of rotatable bonds is 4. The van der Waals surface area contributed by atoms with Crippen molar-refractivity contribution >= 4 is 23.4 Å². The first-order chi connectivity index (χ1) is 10.4. The number of alkyl halides is 3. The third-order valence-corrected chi connectivity index (χ3v) is 3.29. The van der Waals surface area contributed by atoms with Crippen LogP contribution in [0.25, 0.3) is 0 Å². The number of nitrogens with one attached hydrogen (secondary N) is 1. The molecule has 0 unspecified atom stereocenters. The molecule has 1 amide bonds. The minimum Gasteiger partial charge on any atom is -0.481 e. The molecular weight excluding hydrogens is 317 g/mol. The summed E-state index contributed by atoms with van der Waals surface area (Å²) < 4.78 is 41.5. The Labute approximate surface area is 128 Å². The monoisotopic (exact) mass is 328 g/mol. The summed E-state index contributed by atoms with van der Waals surface area (Å²) in [6.07, 6.45) is 1.42. The number of pyridine rings is 1. The zero-order chi connectivity index (χ0) is 16.2. The molecule has 0 fully saturated rings. The van der Waals surface area contributed by atoms with Crippen LogP contribution < -0.4 is 10.1 Å². The van der Waals surface area contributed by atoms with Crippen molar-refractivity contribution in [1.29, 1.82) is 0 Å². The number of ether oxygens (including phenoxy) is 1. The average molecular weight is 328 g/mol. The van der Waals surface area contributed by atoms with E-state index in [-0.39, 0.29) is 22.2 Å². The molecule has 0 aliphatic heterocycles. The molecule has 1 aromatic carbocycles. The molecule has 0 spiro atoms. The molecule has 116 valence electrons. The first-order valence-corrected chi connectivity index (χ1v) is 6.86. The molecule has 22 heavy (non-hydrogen) atoms. The van der Waals surface area contributed by atoms with Crippen LogP contribution in [-0.4, -0.2) is 23.5 Å². The van der Waals surface area contributed by atoms with Crippen molar-refractivity contribution in [2.75, 3.05) is 12.4 Å². The maximum Gasteiger partial charge on any atom is 0.446 e. The third kappa shape index (κ3) is 4.66. The Morgan fingerprint density at radius 3 is 2.36 bits per heavy atom. The van der Waals surface area contributed by atoms with Crippen LogP contribution >= 0.6 is 11.8 Å². The van der Waals surface area contributed by atoms with Crippen molar-refractivity contribution in [3.63, 3.8) is 0 Å². The van der Waals surface area contributed by atoms with E-state index in [0.29, 0.717) is 11.6 Å². The lowest BCUT2D eigenvalue weighted by Gasteiger charge is -2.08. The quantitative estimate of drug-likeness (QED) is 0.863. The van der Waals surface area contributed by atoms with E-state index >= 15 is 0 Å². The Kier molecular flexibility index (Phi) is 4.92. The van der Waals surface area contributed by atoms with Crippen LogP contribution in [0.15, 0.2) is 47.5 Å². The van der Waals surface area contributed by atoms with Crippen molar-refractivity contribution in [2.24, 2.45) is 0 Å². The standard InChI is InChI=1S/C14H11F3N2O2S/c1-21-12-7-4-10(8-18-12)19-13(20)9-2-5-11(6-3-9)22-14(15,16)17/h2-8H,1H3,(H,19,20). The summed E-state index contributed by atoms with van der Waals surface area (Å²) in [5, 5.41) is 2.59. The molecule has 0 radical (unpaired) electrons. The topological polar surface area (TPSA) is 51.2 Å². The smallest absolute Gasteiger partial charge is 0.446 e. The molecule has 0 saturated heterocycles. The molecular formula is C14H11F3N2O2S. The number of halogens is 3. The Hall–Kier alpha value is -2.22. The fourth-order valence-electron chi connectivity index (χ4n) is 1.59. The van der Waals surface area contributed by atoms with Gasteiger partial charge in [0.1, 0.15) is 0 Å². The SMILES string of the molecule is COc1ccc(NC(=O)c2ccc(SC(F)(F)F)cc2)cn1. The Morgan fingerprint density at radius 1 is 1.18 bits per heavy atom. The summed E-state index contributed by atoms with van der Waals surface area (Å²) in [5.41, 5.74) is -3.64. The van der Waals surface area contributed by atoms with Crippen LogP contribution in [0.5, 0.6) is 5.88 Å². The van der Waals surface area contributed by atoms with E-state index in [1.54, 1.807) is 12.1 Å². The molecule has 0 aliphatic carbocycles. The minimum absolute atomic E-state index is 0.0233. The van der Waals surface area contributed by atoms with Gasteiger partial charge in [-0.05, 0) is 42.1 Å². The van der Waals surface area contributed by atoms with Gasteiger partial charge < -0.3 is 10.1 Å². The van der Waals surface area contributed by atoms with E-state index in [0.717, 1.165) is 0 Å². The normalized spacial score (nSPS) is 11.1. The second-order valence-electron chi connectivity index (χ2n) is 4.12. The Balaban J connectivity index is 2.03. The summed E-state index contributed by atoms with van der Waals surface area (Å²) in [6.45, 7) is 0. The number of hydrogen-bond donors (Lipinski definition) is 1. The van der Waals surface area contributed by atoms with Gasteiger partial charge >= 0.3 is 5.51 Å². The lowest BCUT2D eigenvalue weighted by atomic mass is 10.2. The van der Waals surface area contributed by atoms with E-state index in [2.05, 4.69) is 10.3 Å². The number of thioether (sulfide) groups is 1. The second-order valence-corrected chi connectivity index (χ2v) is 5.25. The highest BCUT2D eigenvalue weighted by Crippen LogP contribution is 2.36. The number of aromatic nitrogens is 1. The van der Waals surface area contributed by atoms with Gasteiger partial charge in [-0.2, -0.15) is 13.2 Å². The number of hydrogen-bond acceptors (Lipinski definition) is 4. The van der Waals surface area contributed by atoms with Crippen LogP contribution in [0.2, 0.25) is 0 Å². The number of carbonyl (C=O) groups is 1. The van der Waals surface area contributed by atoms with Crippen LogP contribution in [-0.2, 0) is 0 Å². The number of benzene rings is 1. The van der Waals surface area contributed by atoms with Crippen LogP contribution in [0.3, 0.4) is 0 Å². The fraction of sp³-hybridized carbons (Fsp3) is 0.143. The summed E-state index contributed by atoms with van der Waals surface area (Å²) in [7, 11) is 1.47. The first-order valence-electron chi connectivity index (χ1n) is 6.04. The van der Waals surface area contributed by atoms with Gasteiger partial charge in [-0.3, -0.25) is 4.79 Å². The van der Waals surface area contributed by atoms with Crippen LogP contribution in [0.1, 0.15) is 10.4 Å². The predicted octanol–water partition coefficient (Wildman–Crippen LogP) is 3.95. The van der Waals surface area contributed by atoms with Gasteiger partial charge in [0, 0.05) is 16.5 Å².